The number of hydrogen-bond donors (Lipinski definition) is 2. The molecule has 0 saturated heterocycles. The fourth-order valence-electron chi connectivity index (χ4n) is 8.04. The van der Waals surface area contributed by atoms with Crippen LogP contribution < -0.4 is 0 Å². The van der Waals surface area contributed by atoms with Crippen LogP contribution in [0, 0.1) is 28.6 Å². The van der Waals surface area contributed by atoms with Gasteiger partial charge in [0.05, 0.1) is 12.3 Å². The molecule has 4 rings (SSSR count). The predicted molar refractivity (Wildman–Crippen MR) is 164 cm³/mol. The number of ether oxygens (including phenoxy) is 1. The van der Waals surface area contributed by atoms with Gasteiger partial charge < -0.3 is 15.3 Å². The van der Waals surface area contributed by atoms with Gasteiger partial charge in [0, 0.05) is 19.4 Å². The lowest BCUT2D eigenvalue weighted by molar-refractivity contribution is -0.0511. The molecule has 212 valence electrons. The maximum Gasteiger partial charge on any atom is 0.0986 e. The molecule has 2 unspecified atom stereocenters. The Balaban J connectivity index is 1.60. The number of methoxy groups -OCH3 is 1. The molecule has 2 fully saturated rings. The van der Waals surface area contributed by atoms with E-state index in [1.165, 1.54) is 17.4 Å². The smallest absolute Gasteiger partial charge is 0.0986 e. The van der Waals surface area contributed by atoms with Gasteiger partial charge >= 0.3 is 0 Å². The largest absolute Gasteiger partial charge is 0.385 e. The summed E-state index contributed by atoms with van der Waals surface area (Å²) in [7, 11) is 3.94. The van der Waals surface area contributed by atoms with E-state index in [4.69, 9.17) is 10.1 Å². The lowest BCUT2D eigenvalue weighted by atomic mass is 9.57. The number of hydrogen-bond acceptors (Lipinski definition) is 4. The van der Waals surface area contributed by atoms with Crippen molar-refractivity contribution >= 4 is 6.21 Å². The van der Waals surface area contributed by atoms with Gasteiger partial charge in [-0.3, -0.25) is 4.90 Å². The number of rotatable bonds is 10. The third kappa shape index (κ3) is 6.09. The molecule has 4 aliphatic carbocycles. The third-order valence-electron chi connectivity index (χ3n) is 10.2. The SMILES string of the molecule is C=C(/C=C\CC)/C=C\C(=C/C(=C)C=N)[C@H]1CCC2[C@@]3(O)CCC4C[C@H](N(C)COC)CCC4=CC3=CC[C@@]21C. The van der Waals surface area contributed by atoms with E-state index in [1.807, 2.05) is 0 Å². The van der Waals surface area contributed by atoms with Gasteiger partial charge in [-0.05, 0) is 110 Å². The van der Waals surface area contributed by atoms with Crippen molar-refractivity contribution in [3.63, 3.8) is 0 Å². The summed E-state index contributed by atoms with van der Waals surface area (Å²) in [5, 5.41) is 20.2. The van der Waals surface area contributed by atoms with Crippen molar-refractivity contribution in [2.75, 3.05) is 20.9 Å². The van der Waals surface area contributed by atoms with Crippen molar-refractivity contribution in [2.45, 2.75) is 83.3 Å². The van der Waals surface area contributed by atoms with Crippen LogP contribution in [-0.2, 0) is 4.74 Å². The second-order valence-corrected chi connectivity index (χ2v) is 12.6. The van der Waals surface area contributed by atoms with Crippen LogP contribution in [0.15, 0.2) is 83.6 Å². The lowest BCUT2D eigenvalue weighted by Gasteiger charge is -2.49. The summed E-state index contributed by atoms with van der Waals surface area (Å²) in [6.45, 7) is 13.5. The second-order valence-electron chi connectivity index (χ2n) is 12.6. The van der Waals surface area contributed by atoms with E-state index in [9.17, 15) is 5.11 Å². The van der Waals surface area contributed by atoms with Crippen molar-refractivity contribution < 1.29 is 9.84 Å². The first kappa shape index (κ1) is 29.7. The molecule has 0 aromatic heterocycles. The zero-order chi connectivity index (χ0) is 28.2. The molecule has 0 radical (unpaired) electrons. The molecule has 0 heterocycles. The van der Waals surface area contributed by atoms with Crippen molar-refractivity contribution in [1.29, 1.82) is 5.41 Å². The third-order valence-corrected chi connectivity index (χ3v) is 10.2. The number of nitrogens with zero attached hydrogens (tertiary/aromatic N) is 1. The van der Waals surface area contributed by atoms with Gasteiger partial charge in [0.1, 0.15) is 0 Å². The Morgan fingerprint density at radius 1 is 1.18 bits per heavy atom. The number of allylic oxidation sites excluding steroid dienone is 10. The van der Waals surface area contributed by atoms with Gasteiger partial charge in [-0.2, -0.15) is 0 Å². The van der Waals surface area contributed by atoms with E-state index >= 15 is 0 Å². The summed E-state index contributed by atoms with van der Waals surface area (Å²) in [6, 6.07) is 0.542. The van der Waals surface area contributed by atoms with E-state index in [1.54, 1.807) is 12.7 Å². The van der Waals surface area contributed by atoms with Gasteiger partial charge in [-0.1, -0.05) is 75.1 Å². The molecule has 0 aromatic carbocycles. The van der Waals surface area contributed by atoms with Crippen LogP contribution in [0.4, 0.5) is 0 Å². The first-order valence-electron chi connectivity index (χ1n) is 14.9. The monoisotopic (exact) mass is 530 g/mol. The van der Waals surface area contributed by atoms with Gasteiger partial charge in [-0.15, -0.1) is 0 Å². The number of nitrogens with one attached hydrogen (secondary N) is 1. The highest BCUT2D eigenvalue weighted by Crippen LogP contribution is 2.62. The quantitative estimate of drug-likeness (QED) is 0.173. The molecule has 4 aliphatic rings. The standard InChI is InChI=1S/C35H50N2O2/c1-7-8-9-25(2)10-11-29(20-26(3)23-36)32-14-15-33-34(32,4)18-17-30-21-27-12-13-31(37(5)24-39-6)22-28(27)16-19-35(30,33)38/h8-11,17,20-21,23,28,31-33,36,38H,2-3,7,12-16,18-19,22,24H2,1,4-6H3/b9-8-,11-10-,29-20+,36-23?/t28?,31-,32-,33?,34-,35-/m1/s1. The van der Waals surface area contributed by atoms with E-state index in [0.717, 1.165) is 63.4 Å². The Hall–Kier alpha value is -2.27. The topological polar surface area (TPSA) is 56.5 Å². The maximum atomic E-state index is 12.5. The van der Waals surface area contributed by atoms with E-state index < -0.39 is 5.60 Å². The molecule has 4 heteroatoms. The highest BCUT2D eigenvalue weighted by Gasteiger charge is 2.58. The minimum Gasteiger partial charge on any atom is -0.385 e. The summed E-state index contributed by atoms with van der Waals surface area (Å²) in [5.74, 6) is 1.05. The Morgan fingerprint density at radius 2 is 1.97 bits per heavy atom. The Labute approximate surface area is 237 Å². The van der Waals surface area contributed by atoms with E-state index in [0.29, 0.717) is 30.2 Å². The normalized spacial score (nSPS) is 34.8. The van der Waals surface area contributed by atoms with Gasteiger partial charge in [0.2, 0.25) is 0 Å². The minimum atomic E-state index is -0.777. The average Bonchev–Trinajstić information content (AvgIpc) is 3.21. The highest BCUT2D eigenvalue weighted by atomic mass is 16.5. The molecular formula is C35H50N2O2. The highest BCUT2D eigenvalue weighted by molar-refractivity contribution is 5.79. The van der Waals surface area contributed by atoms with Crippen LogP contribution in [-0.4, -0.2) is 48.8 Å². The number of fused-ring (bicyclic) bond motifs is 4. The molecule has 0 amide bonds. The maximum absolute atomic E-state index is 12.5. The van der Waals surface area contributed by atoms with E-state index in [2.05, 4.69) is 81.5 Å². The Morgan fingerprint density at radius 3 is 2.69 bits per heavy atom. The summed E-state index contributed by atoms with van der Waals surface area (Å²) < 4.78 is 5.40. The van der Waals surface area contributed by atoms with Crippen molar-refractivity contribution in [2.24, 2.45) is 23.2 Å². The van der Waals surface area contributed by atoms with Gasteiger partial charge in [0.15, 0.2) is 0 Å². The van der Waals surface area contributed by atoms with Crippen LogP contribution in [0.25, 0.3) is 0 Å². The van der Waals surface area contributed by atoms with Crippen LogP contribution >= 0.6 is 0 Å². The van der Waals surface area contributed by atoms with Gasteiger partial charge in [-0.25, -0.2) is 0 Å². The molecule has 0 aromatic rings. The van der Waals surface area contributed by atoms with Crippen LogP contribution in [0.5, 0.6) is 0 Å². The van der Waals surface area contributed by atoms with Crippen LogP contribution in [0.3, 0.4) is 0 Å². The van der Waals surface area contributed by atoms with Crippen LogP contribution in [0.2, 0.25) is 0 Å². The predicted octanol–water partition coefficient (Wildman–Crippen LogP) is 7.72. The van der Waals surface area contributed by atoms with E-state index in [-0.39, 0.29) is 11.3 Å². The summed E-state index contributed by atoms with van der Waals surface area (Å²) in [4.78, 5) is 2.34. The fourth-order valence-corrected chi connectivity index (χ4v) is 8.04. The molecule has 6 atom stereocenters. The molecule has 2 saturated carbocycles. The molecule has 2 N–H and O–H groups in total. The zero-order valence-electron chi connectivity index (χ0n) is 24.7. The first-order chi connectivity index (χ1) is 18.7. The van der Waals surface area contributed by atoms with Crippen LogP contribution in [0.1, 0.15) is 71.6 Å². The number of aliphatic hydroxyl groups is 1. The summed E-state index contributed by atoms with van der Waals surface area (Å²) in [5.41, 5.74) is 4.77. The molecule has 0 spiro atoms. The van der Waals surface area contributed by atoms with Crippen molar-refractivity contribution in [3.05, 3.63) is 83.6 Å². The zero-order valence-corrected chi connectivity index (χ0v) is 24.7. The molecular weight excluding hydrogens is 480 g/mol. The molecule has 4 nitrogen and oxygen atoms in total. The van der Waals surface area contributed by atoms with Crippen molar-refractivity contribution in [3.8, 4) is 0 Å². The fraction of sp³-hybridized carbons (Fsp3) is 0.571. The molecule has 0 bridgehead atoms. The lowest BCUT2D eigenvalue weighted by Crippen LogP contribution is -2.49. The second kappa shape index (κ2) is 12.5. The summed E-state index contributed by atoms with van der Waals surface area (Å²) >= 11 is 0. The molecule has 39 heavy (non-hydrogen) atoms. The molecule has 0 aliphatic heterocycles. The first-order valence-corrected chi connectivity index (χ1v) is 14.9. The van der Waals surface area contributed by atoms with Gasteiger partial charge in [0.25, 0.3) is 0 Å². The average molecular weight is 531 g/mol. The van der Waals surface area contributed by atoms with Crippen molar-refractivity contribution in [1.82, 2.24) is 4.90 Å². The Kier molecular flexibility index (Phi) is 9.52. The minimum absolute atomic E-state index is 0.0490. The Bertz CT molecular complexity index is 1110. The summed E-state index contributed by atoms with van der Waals surface area (Å²) in [6.07, 6.45) is 25.9.